The van der Waals surface area contributed by atoms with Crippen molar-refractivity contribution in [2.24, 2.45) is 0 Å². The summed E-state index contributed by atoms with van der Waals surface area (Å²) >= 11 is 0. The fourth-order valence-corrected chi connectivity index (χ4v) is 2.35. The second-order valence-corrected chi connectivity index (χ2v) is 4.54. The van der Waals surface area contributed by atoms with Gasteiger partial charge in [0.15, 0.2) is 5.82 Å². The van der Waals surface area contributed by atoms with Crippen molar-refractivity contribution in [3.8, 4) is 0 Å². The van der Waals surface area contributed by atoms with E-state index in [1.54, 1.807) is 0 Å². The summed E-state index contributed by atoms with van der Waals surface area (Å²) in [5.74, 6) is -0.655. The van der Waals surface area contributed by atoms with Gasteiger partial charge in [0.1, 0.15) is 0 Å². The van der Waals surface area contributed by atoms with Gasteiger partial charge in [-0.2, -0.15) is 4.98 Å². The third-order valence-corrected chi connectivity index (χ3v) is 3.12. The molecule has 0 saturated carbocycles. The molecule has 96 valence electrons. The van der Waals surface area contributed by atoms with Crippen molar-refractivity contribution >= 4 is 17.4 Å². The molecule has 0 N–H and O–H groups in total. The fraction of sp³-hybridized carbons (Fsp3) is 0.231. The highest BCUT2D eigenvalue weighted by atomic mass is 16.5. The maximum atomic E-state index is 12.0. The number of rotatable bonds is 2. The molecule has 0 bridgehead atoms. The molecule has 19 heavy (non-hydrogen) atoms. The highest BCUT2D eigenvalue weighted by molar-refractivity contribution is 6.52. The average molecular weight is 257 g/mol. The molecule has 1 amide bonds. The fourth-order valence-electron chi connectivity index (χ4n) is 2.35. The molecule has 1 aliphatic rings. The van der Waals surface area contributed by atoms with Crippen molar-refractivity contribution in [1.82, 2.24) is 10.1 Å². The van der Waals surface area contributed by atoms with Crippen LogP contribution < -0.4 is 4.90 Å². The summed E-state index contributed by atoms with van der Waals surface area (Å²) in [5.41, 5.74) is 2.90. The molecule has 0 radical (unpaired) electrons. The van der Waals surface area contributed by atoms with Crippen LogP contribution in [0.3, 0.4) is 0 Å². The zero-order valence-electron chi connectivity index (χ0n) is 10.5. The Labute approximate surface area is 109 Å². The van der Waals surface area contributed by atoms with E-state index in [9.17, 15) is 9.59 Å². The van der Waals surface area contributed by atoms with Crippen LogP contribution in [-0.4, -0.2) is 21.8 Å². The first-order chi connectivity index (χ1) is 9.08. The molecule has 2 aromatic rings. The average Bonchev–Trinajstić information content (AvgIpc) is 2.93. The van der Waals surface area contributed by atoms with Crippen molar-refractivity contribution in [2.75, 3.05) is 4.90 Å². The molecule has 0 atom stereocenters. The van der Waals surface area contributed by atoms with Gasteiger partial charge in [0, 0.05) is 0 Å². The lowest BCUT2D eigenvalue weighted by atomic mass is 10.0. The zero-order chi connectivity index (χ0) is 13.6. The predicted octanol–water partition coefficient (Wildman–Crippen LogP) is 1.42. The molecule has 0 aliphatic carbocycles. The van der Waals surface area contributed by atoms with Crippen LogP contribution in [0.1, 0.15) is 27.3 Å². The minimum absolute atomic E-state index is 0.136. The van der Waals surface area contributed by atoms with Crippen LogP contribution in [-0.2, 0) is 11.3 Å². The molecule has 0 fully saturated rings. The Bertz CT molecular complexity index is 677. The molecule has 2 heterocycles. The van der Waals surface area contributed by atoms with Crippen LogP contribution in [0.2, 0.25) is 0 Å². The summed E-state index contributed by atoms with van der Waals surface area (Å²) in [6, 6.07) is 3.72. The van der Waals surface area contributed by atoms with Crippen LogP contribution >= 0.6 is 0 Å². The van der Waals surface area contributed by atoms with E-state index in [0.717, 1.165) is 11.1 Å². The number of hydrogen-bond acceptors (Lipinski definition) is 5. The van der Waals surface area contributed by atoms with Crippen molar-refractivity contribution in [3.05, 3.63) is 41.0 Å². The molecule has 1 aromatic carbocycles. The summed E-state index contributed by atoms with van der Waals surface area (Å²) in [4.78, 5) is 29.3. The molecule has 6 heteroatoms. The Hall–Kier alpha value is -2.50. The van der Waals surface area contributed by atoms with Crippen LogP contribution in [0, 0.1) is 13.8 Å². The van der Waals surface area contributed by atoms with Crippen LogP contribution in [0.15, 0.2) is 23.0 Å². The largest absolute Gasteiger partial charge is 0.343 e. The number of anilines is 1. The van der Waals surface area contributed by atoms with Gasteiger partial charge in [-0.05, 0) is 31.0 Å². The monoisotopic (exact) mass is 257 g/mol. The lowest BCUT2D eigenvalue weighted by molar-refractivity contribution is -0.114. The van der Waals surface area contributed by atoms with Crippen LogP contribution in [0.4, 0.5) is 5.69 Å². The first kappa shape index (κ1) is 11.6. The van der Waals surface area contributed by atoms with E-state index in [1.807, 2.05) is 26.0 Å². The summed E-state index contributed by atoms with van der Waals surface area (Å²) < 4.78 is 4.64. The number of carbonyl (C=O) groups is 2. The number of benzene rings is 1. The summed E-state index contributed by atoms with van der Waals surface area (Å²) in [7, 11) is 0. The predicted molar refractivity (Wildman–Crippen MR) is 65.7 cm³/mol. The third-order valence-electron chi connectivity index (χ3n) is 3.12. The second-order valence-electron chi connectivity index (χ2n) is 4.54. The second kappa shape index (κ2) is 4.01. The number of carbonyl (C=O) groups excluding carboxylic acids is 2. The van der Waals surface area contributed by atoms with Gasteiger partial charge in [-0.3, -0.25) is 14.5 Å². The van der Waals surface area contributed by atoms with Gasteiger partial charge in [-0.25, -0.2) is 0 Å². The maximum absolute atomic E-state index is 12.0. The Balaban J connectivity index is 2.09. The molecule has 1 aliphatic heterocycles. The van der Waals surface area contributed by atoms with E-state index in [2.05, 4.69) is 14.7 Å². The Kier molecular flexibility index (Phi) is 2.45. The van der Waals surface area contributed by atoms with E-state index in [-0.39, 0.29) is 6.54 Å². The van der Waals surface area contributed by atoms with Gasteiger partial charge in [-0.1, -0.05) is 11.2 Å². The van der Waals surface area contributed by atoms with E-state index < -0.39 is 11.7 Å². The standard InChI is InChI=1S/C13H11N3O3/c1-7-3-8(2)11-9(4-7)16(13(18)12(11)17)5-10-14-6-19-15-10/h3-4,6H,5H2,1-2H3. The summed E-state index contributed by atoms with van der Waals surface area (Å²) in [5, 5.41) is 3.67. The van der Waals surface area contributed by atoms with Gasteiger partial charge in [-0.15, -0.1) is 0 Å². The molecule has 0 spiro atoms. The number of Topliss-reactive ketones (excluding diaryl/α,β-unsaturated/α-hetero) is 1. The van der Waals surface area contributed by atoms with Crippen molar-refractivity contribution in [2.45, 2.75) is 20.4 Å². The first-order valence-corrected chi connectivity index (χ1v) is 5.80. The van der Waals surface area contributed by atoms with E-state index >= 15 is 0 Å². The topological polar surface area (TPSA) is 76.3 Å². The van der Waals surface area contributed by atoms with Crippen LogP contribution in [0.25, 0.3) is 0 Å². The Morgan fingerprint density at radius 3 is 2.74 bits per heavy atom. The highest BCUT2D eigenvalue weighted by Gasteiger charge is 2.37. The number of amides is 1. The Morgan fingerprint density at radius 1 is 1.26 bits per heavy atom. The smallest absolute Gasteiger partial charge is 0.299 e. The number of nitrogens with zero attached hydrogens (tertiary/aromatic N) is 3. The van der Waals surface area contributed by atoms with Gasteiger partial charge >= 0.3 is 0 Å². The van der Waals surface area contributed by atoms with E-state index in [0.29, 0.717) is 17.1 Å². The van der Waals surface area contributed by atoms with Crippen molar-refractivity contribution in [3.63, 3.8) is 0 Å². The SMILES string of the molecule is Cc1cc(C)c2c(c1)N(Cc1ncon1)C(=O)C2=O. The van der Waals surface area contributed by atoms with Gasteiger partial charge in [0.25, 0.3) is 11.7 Å². The lowest BCUT2D eigenvalue weighted by Gasteiger charge is -2.15. The quantitative estimate of drug-likeness (QED) is 0.760. The maximum Gasteiger partial charge on any atom is 0.299 e. The van der Waals surface area contributed by atoms with Gasteiger partial charge in [0.2, 0.25) is 6.39 Å². The summed E-state index contributed by atoms with van der Waals surface area (Å²) in [6.07, 6.45) is 1.19. The highest BCUT2D eigenvalue weighted by Crippen LogP contribution is 2.33. The van der Waals surface area contributed by atoms with E-state index in [4.69, 9.17) is 0 Å². The molecule has 3 rings (SSSR count). The van der Waals surface area contributed by atoms with Gasteiger partial charge < -0.3 is 4.52 Å². The minimum atomic E-state index is -0.548. The molecule has 6 nitrogen and oxygen atoms in total. The van der Waals surface area contributed by atoms with Crippen molar-refractivity contribution in [1.29, 1.82) is 0 Å². The number of aromatic nitrogens is 2. The number of hydrogen-bond donors (Lipinski definition) is 0. The van der Waals surface area contributed by atoms with E-state index in [1.165, 1.54) is 11.3 Å². The first-order valence-electron chi connectivity index (χ1n) is 5.80. The third kappa shape index (κ3) is 1.72. The Morgan fingerprint density at radius 2 is 2.05 bits per heavy atom. The molecule has 1 aromatic heterocycles. The molecular weight excluding hydrogens is 246 g/mol. The summed E-state index contributed by atoms with van der Waals surface area (Å²) in [6.45, 7) is 3.89. The van der Waals surface area contributed by atoms with Crippen molar-refractivity contribution < 1.29 is 14.1 Å². The normalized spacial score (nSPS) is 14.1. The zero-order valence-corrected chi connectivity index (χ0v) is 10.5. The minimum Gasteiger partial charge on any atom is -0.343 e. The number of fused-ring (bicyclic) bond motifs is 1. The molecular formula is C13H11N3O3. The number of ketones is 1. The lowest BCUT2D eigenvalue weighted by Crippen LogP contribution is -2.29. The van der Waals surface area contributed by atoms with Gasteiger partial charge in [0.05, 0.1) is 17.8 Å². The number of aryl methyl sites for hydroxylation is 2. The molecule has 0 unspecified atom stereocenters. The van der Waals surface area contributed by atoms with Crippen LogP contribution in [0.5, 0.6) is 0 Å². The molecule has 0 saturated heterocycles.